The fourth-order valence-corrected chi connectivity index (χ4v) is 3.82. The van der Waals surface area contributed by atoms with Crippen molar-refractivity contribution in [2.75, 3.05) is 12.3 Å². The molecule has 1 saturated heterocycles. The van der Waals surface area contributed by atoms with Crippen LogP contribution >= 0.6 is 0 Å². The first-order valence-corrected chi connectivity index (χ1v) is 7.96. The van der Waals surface area contributed by atoms with Crippen molar-refractivity contribution in [1.29, 1.82) is 0 Å². The first-order chi connectivity index (χ1) is 9.81. The molecule has 0 radical (unpaired) electrons. The average molecular weight is 315 g/mol. The molecule has 1 aliphatic heterocycles. The third-order valence-electron chi connectivity index (χ3n) is 3.31. The number of nitrogens with one attached hydrogen (secondary N) is 1. The zero-order valence-electron chi connectivity index (χ0n) is 11.5. The van der Waals surface area contributed by atoms with E-state index >= 15 is 0 Å². The molecule has 2 unspecified atom stereocenters. The molecule has 3 N–H and O–H groups in total. The summed E-state index contributed by atoms with van der Waals surface area (Å²) in [5, 5.41) is 11.0. The van der Waals surface area contributed by atoms with Gasteiger partial charge in [-0.3, -0.25) is 10.1 Å². The largest absolute Gasteiger partial charge is 0.393 e. The van der Waals surface area contributed by atoms with E-state index in [4.69, 9.17) is 10.5 Å². The van der Waals surface area contributed by atoms with Crippen molar-refractivity contribution in [2.24, 2.45) is 0 Å². The molecule has 9 heteroatoms. The summed E-state index contributed by atoms with van der Waals surface area (Å²) >= 11 is 0. The Hall–Kier alpha value is -1.71. The van der Waals surface area contributed by atoms with Crippen LogP contribution in [0.4, 0.5) is 11.4 Å². The minimum atomic E-state index is -4.01. The highest BCUT2D eigenvalue weighted by molar-refractivity contribution is 7.89. The smallest absolute Gasteiger partial charge is 0.312 e. The van der Waals surface area contributed by atoms with E-state index in [1.807, 2.05) is 6.92 Å². The van der Waals surface area contributed by atoms with Crippen LogP contribution in [0.1, 0.15) is 19.8 Å². The molecule has 1 aromatic rings. The number of hydrogen-bond donors (Lipinski definition) is 2. The van der Waals surface area contributed by atoms with Crippen LogP contribution in [-0.2, 0) is 14.8 Å². The van der Waals surface area contributed by atoms with Crippen LogP contribution in [0.25, 0.3) is 0 Å². The zero-order chi connectivity index (χ0) is 15.6. The number of para-hydroxylation sites is 1. The number of rotatable bonds is 4. The van der Waals surface area contributed by atoms with E-state index in [0.717, 1.165) is 0 Å². The van der Waals surface area contributed by atoms with Crippen LogP contribution < -0.4 is 10.5 Å². The molecular formula is C12H17N3O5S. The summed E-state index contributed by atoms with van der Waals surface area (Å²) < 4.78 is 32.6. The van der Waals surface area contributed by atoms with E-state index in [-0.39, 0.29) is 17.8 Å². The SMILES string of the molecule is CC1CC(NS(=O)(=O)c2cccc(N)c2[N+](=O)[O-])CCO1. The number of nitrogens with two attached hydrogens (primary N) is 1. The lowest BCUT2D eigenvalue weighted by atomic mass is 10.1. The monoisotopic (exact) mass is 315 g/mol. The number of anilines is 1. The number of nitro benzene ring substituents is 1. The van der Waals surface area contributed by atoms with Gasteiger partial charge < -0.3 is 10.5 Å². The standard InChI is InChI=1S/C12H17N3O5S/c1-8-7-9(5-6-20-8)14-21(18,19)11-4-2-3-10(13)12(11)15(16)17/h2-4,8-9,14H,5-7,13H2,1H3. The van der Waals surface area contributed by atoms with Crippen molar-refractivity contribution in [3.8, 4) is 0 Å². The molecule has 8 nitrogen and oxygen atoms in total. The third kappa shape index (κ3) is 3.49. The van der Waals surface area contributed by atoms with E-state index in [1.54, 1.807) is 0 Å². The Morgan fingerprint density at radius 2 is 2.19 bits per heavy atom. The molecule has 1 fully saturated rings. The van der Waals surface area contributed by atoms with Gasteiger partial charge in [0, 0.05) is 12.6 Å². The molecule has 0 spiro atoms. The highest BCUT2D eigenvalue weighted by atomic mass is 32.2. The topological polar surface area (TPSA) is 125 Å². The van der Waals surface area contributed by atoms with Gasteiger partial charge in [0.25, 0.3) is 0 Å². The number of hydrogen-bond acceptors (Lipinski definition) is 6. The predicted molar refractivity (Wildman–Crippen MR) is 76.3 cm³/mol. The predicted octanol–water partition coefficient (Wildman–Crippen LogP) is 1.02. The lowest BCUT2D eigenvalue weighted by Gasteiger charge is -2.27. The van der Waals surface area contributed by atoms with Gasteiger partial charge in [0.1, 0.15) is 5.69 Å². The van der Waals surface area contributed by atoms with Gasteiger partial charge in [-0.2, -0.15) is 0 Å². The number of nitrogen functional groups attached to an aromatic ring is 1. The molecule has 0 amide bonds. The van der Waals surface area contributed by atoms with Gasteiger partial charge in [-0.15, -0.1) is 0 Å². The van der Waals surface area contributed by atoms with Gasteiger partial charge in [0.2, 0.25) is 10.0 Å². The van der Waals surface area contributed by atoms with Gasteiger partial charge in [-0.05, 0) is 31.9 Å². The van der Waals surface area contributed by atoms with Crippen LogP contribution in [-0.4, -0.2) is 32.1 Å². The van der Waals surface area contributed by atoms with Crippen molar-refractivity contribution < 1.29 is 18.1 Å². The number of nitrogens with zero attached hydrogens (tertiary/aromatic N) is 1. The van der Waals surface area contributed by atoms with Gasteiger partial charge in [-0.1, -0.05) is 6.07 Å². The Morgan fingerprint density at radius 3 is 2.81 bits per heavy atom. The summed E-state index contributed by atoms with van der Waals surface area (Å²) in [6.07, 6.45) is 0.997. The summed E-state index contributed by atoms with van der Waals surface area (Å²) in [6, 6.07) is 3.55. The molecule has 21 heavy (non-hydrogen) atoms. The third-order valence-corrected chi connectivity index (χ3v) is 4.86. The maximum atomic E-state index is 12.4. The summed E-state index contributed by atoms with van der Waals surface area (Å²) in [6.45, 7) is 2.30. The number of nitro groups is 1. The molecular weight excluding hydrogens is 298 g/mol. The molecule has 0 bridgehead atoms. The summed E-state index contributed by atoms with van der Waals surface area (Å²) in [5.41, 5.74) is 4.75. The summed E-state index contributed by atoms with van der Waals surface area (Å²) in [7, 11) is -4.01. The lowest BCUT2D eigenvalue weighted by molar-refractivity contribution is -0.386. The first-order valence-electron chi connectivity index (χ1n) is 6.48. The highest BCUT2D eigenvalue weighted by Gasteiger charge is 2.31. The van der Waals surface area contributed by atoms with Crippen molar-refractivity contribution in [3.05, 3.63) is 28.3 Å². The van der Waals surface area contributed by atoms with Gasteiger partial charge in [0.15, 0.2) is 4.90 Å². The average Bonchev–Trinajstić information content (AvgIpc) is 2.37. The summed E-state index contributed by atoms with van der Waals surface area (Å²) in [4.78, 5) is 9.86. The Balaban J connectivity index is 2.32. The normalized spacial score (nSPS) is 22.9. The molecule has 116 valence electrons. The van der Waals surface area contributed by atoms with Gasteiger partial charge in [0.05, 0.1) is 11.0 Å². The first kappa shape index (κ1) is 15.7. The zero-order valence-corrected chi connectivity index (χ0v) is 12.3. The number of benzene rings is 1. The number of sulfonamides is 1. The molecule has 1 aromatic carbocycles. The van der Waals surface area contributed by atoms with Crippen LogP contribution in [0.2, 0.25) is 0 Å². The molecule has 2 atom stereocenters. The minimum absolute atomic E-state index is 0.0534. The molecule has 0 aromatic heterocycles. The van der Waals surface area contributed by atoms with Crippen molar-refractivity contribution in [3.63, 3.8) is 0 Å². The van der Waals surface area contributed by atoms with Gasteiger partial charge >= 0.3 is 5.69 Å². The molecule has 0 saturated carbocycles. The van der Waals surface area contributed by atoms with E-state index in [2.05, 4.69) is 4.72 Å². The van der Waals surface area contributed by atoms with Crippen LogP contribution in [0, 0.1) is 10.1 Å². The highest BCUT2D eigenvalue weighted by Crippen LogP contribution is 2.30. The van der Waals surface area contributed by atoms with Crippen molar-refractivity contribution >= 4 is 21.4 Å². The van der Waals surface area contributed by atoms with Gasteiger partial charge in [-0.25, -0.2) is 13.1 Å². The van der Waals surface area contributed by atoms with E-state index in [0.29, 0.717) is 19.4 Å². The van der Waals surface area contributed by atoms with E-state index in [1.165, 1.54) is 18.2 Å². The molecule has 1 aliphatic rings. The minimum Gasteiger partial charge on any atom is -0.393 e. The lowest BCUT2D eigenvalue weighted by Crippen LogP contribution is -2.41. The second-order valence-corrected chi connectivity index (χ2v) is 6.66. The van der Waals surface area contributed by atoms with Crippen molar-refractivity contribution in [1.82, 2.24) is 4.72 Å². The Kier molecular flexibility index (Phi) is 4.45. The Labute approximate surface area is 122 Å². The molecule has 0 aliphatic carbocycles. The van der Waals surface area contributed by atoms with E-state index in [9.17, 15) is 18.5 Å². The second-order valence-electron chi connectivity index (χ2n) is 4.98. The Bertz CT molecular complexity index is 646. The second kappa shape index (κ2) is 5.96. The number of ether oxygens (including phenoxy) is 1. The van der Waals surface area contributed by atoms with Crippen LogP contribution in [0.15, 0.2) is 23.1 Å². The quantitative estimate of drug-likeness (QED) is 0.485. The Morgan fingerprint density at radius 1 is 1.48 bits per heavy atom. The molecule has 1 heterocycles. The van der Waals surface area contributed by atoms with Crippen LogP contribution in [0.3, 0.4) is 0 Å². The van der Waals surface area contributed by atoms with Crippen LogP contribution in [0.5, 0.6) is 0 Å². The van der Waals surface area contributed by atoms with Crippen molar-refractivity contribution in [2.45, 2.75) is 36.8 Å². The maximum Gasteiger partial charge on any atom is 0.312 e. The van der Waals surface area contributed by atoms with E-state index < -0.39 is 25.5 Å². The molecule has 2 rings (SSSR count). The summed E-state index contributed by atoms with van der Waals surface area (Å²) in [5.74, 6) is 0. The fraction of sp³-hybridized carbons (Fsp3) is 0.500. The maximum absolute atomic E-state index is 12.4. The fourth-order valence-electron chi connectivity index (χ4n) is 2.34.